The van der Waals surface area contributed by atoms with E-state index in [-0.39, 0.29) is 24.1 Å². The van der Waals surface area contributed by atoms with Crippen LogP contribution < -0.4 is 15.5 Å². The zero-order chi connectivity index (χ0) is 18.7. The maximum Gasteiger partial charge on any atom is 0.416 e. The van der Waals surface area contributed by atoms with Crippen LogP contribution in [0.3, 0.4) is 0 Å². The van der Waals surface area contributed by atoms with Gasteiger partial charge in [0.1, 0.15) is 0 Å². The minimum atomic E-state index is -4.42. The van der Waals surface area contributed by atoms with Crippen molar-refractivity contribution in [1.29, 1.82) is 0 Å². The van der Waals surface area contributed by atoms with E-state index in [1.54, 1.807) is 4.90 Å². The average Bonchev–Trinajstić information content (AvgIpc) is 2.95. The Morgan fingerprint density at radius 2 is 1.69 bits per heavy atom. The molecule has 1 fully saturated rings. The van der Waals surface area contributed by atoms with E-state index in [1.165, 1.54) is 12.1 Å². The van der Waals surface area contributed by atoms with Gasteiger partial charge < -0.3 is 15.5 Å². The second-order valence-electron chi connectivity index (χ2n) is 5.91. The Balaban J connectivity index is 1.56. The first-order valence-electron chi connectivity index (χ1n) is 7.93. The van der Waals surface area contributed by atoms with Crippen LogP contribution in [0.4, 0.5) is 29.3 Å². The number of nitrogens with one attached hydrogen (secondary N) is 2. The first-order valence-corrected chi connectivity index (χ1v) is 7.93. The van der Waals surface area contributed by atoms with Gasteiger partial charge in [0.15, 0.2) is 0 Å². The van der Waals surface area contributed by atoms with Crippen LogP contribution in [0, 0.1) is 0 Å². The number of amides is 3. The van der Waals surface area contributed by atoms with Gasteiger partial charge in [-0.25, -0.2) is 4.79 Å². The number of carbonyl (C=O) groups is 2. The fraction of sp³-hybridized carbons (Fsp3) is 0.222. The SMILES string of the molecule is O=C(Nc1ccc(C(F)(F)F)cc1)N[C@@H]1CC(=O)N(c2ccccc2)C1. The van der Waals surface area contributed by atoms with Crippen molar-refractivity contribution in [3.8, 4) is 0 Å². The number of anilines is 2. The van der Waals surface area contributed by atoms with Crippen LogP contribution in [0.5, 0.6) is 0 Å². The van der Waals surface area contributed by atoms with Gasteiger partial charge >= 0.3 is 12.2 Å². The molecule has 0 spiro atoms. The summed E-state index contributed by atoms with van der Waals surface area (Å²) in [6.07, 6.45) is -4.26. The lowest BCUT2D eigenvalue weighted by Gasteiger charge is -2.17. The number of rotatable bonds is 3. The maximum absolute atomic E-state index is 12.5. The van der Waals surface area contributed by atoms with Crippen LogP contribution in [-0.4, -0.2) is 24.5 Å². The number of urea groups is 1. The van der Waals surface area contributed by atoms with Crippen molar-refractivity contribution in [2.45, 2.75) is 18.6 Å². The molecule has 3 rings (SSSR count). The van der Waals surface area contributed by atoms with Crippen molar-refractivity contribution >= 4 is 23.3 Å². The van der Waals surface area contributed by atoms with Crippen LogP contribution in [0.2, 0.25) is 0 Å². The molecule has 2 aromatic rings. The standard InChI is InChI=1S/C18H16F3N3O2/c19-18(20,21)12-6-8-13(9-7-12)22-17(26)23-14-10-16(25)24(11-14)15-4-2-1-3-5-15/h1-9,14H,10-11H2,(H2,22,23,26)/t14-/m1/s1. The molecule has 0 bridgehead atoms. The summed E-state index contributed by atoms with van der Waals surface area (Å²) < 4.78 is 37.6. The van der Waals surface area contributed by atoms with Gasteiger partial charge in [0.2, 0.25) is 5.91 Å². The molecule has 2 aromatic carbocycles. The zero-order valence-electron chi connectivity index (χ0n) is 13.6. The topological polar surface area (TPSA) is 61.4 Å². The Morgan fingerprint density at radius 1 is 1.04 bits per heavy atom. The molecule has 2 N–H and O–H groups in total. The van der Waals surface area contributed by atoms with E-state index in [0.717, 1.165) is 17.8 Å². The summed E-state index contributed by atoms with van der Waals surface area (Å²) in [7, 11) is 0. The van der Waals surface area contributed by atoms with E-state index in [1.807, 2.05) is 30.3 Å². The fourth-order valence-electron chi connectivity index (χ4n) is 2.76. The molecule has 1 atom stereocenters. The summed E-state index contributed by atoms with van der Waals surface area (Å²) in [6.45, 7) is 0.337. The van der Waals surface area contributed by atoms with Gasteiger partial charge in [-0.2, -0.15) is 13.2 Å². The van der Waals surface area contributed by atoms with Gasteiger partial charge in [0.05, 0.1) is 11.6 Å². The molecule has 1 saturated heterocycles. The summed E-state index contributed by atoms with van der Waals surface area (Å²) >= 11 is 0. The Labute approximate surface area is 147 Å². The lowest BCUT2D eigenvalue weighted by Crippen LogP contribution is -2.39. The molecular weight excluding hydrogens is 347 g/mol. The second kappa shape index (κ2) is 7.07. The van der Waals surface area contributed by atoms with Crippen LogP contribution in [-0.2, 0) is 11.0 Å². The third-order valence-corrected chi connectivity index (χ3v) is 4.00. The summed E-state index contributed by atoms with van der Waals surface area (Å²) in [5.41, 5.74) is 0.202. The molecule has 8 heteroatoms. The van der Waals surface area contributed by atoms with Crippen molar-refractivity contribution in [3.63, 3.8) is 0 Å². The molecule has 1 heterocycles. The Hall–Kier alpha value is -3.03. The first kappa shape index (κ1) is 17.8. The Bertz CT molecular complexity index is 792. The van der Waals surface area contributed by atoms with Crippen molar-refractivity contribution in [3.05, 3.63) is 60.2 Å². The summed E-state index contributed by atoms with van der Waals surface area (Å²) in [6, 6.07) is 12.3. The number of alkyl halides is 3. The zero-order valence-corrected chi connectivity index (χ0v) is 13.6. The Kier molecular flexibility index (Phi) is 4.83. The number of halogens is 3. The fourth-order valence-corrected chi connectivity index (χ4v) is 2.76. The van der Waals surface area contributed by atoms with Gasteiger partial charge in [0, 0.05) is 24.3 Å². The third kappa shape index (κ3) is 4.14. The van der Waals surface area contributed by atoms with Crippen LogP contribution >= 0.6 is 0 Å². The average molecular weight is 363 g/mol. The molecule has 26 heavy (non-hydrogen) atoms. The predicted octanol–water partition coefficient (Wildman–Crippen LogP) is 3.63. The van der Waals surface area contributed by atoms with E-state index in [4.69, 9.17) is 0 Å². The largest absolute Gasteiger partial charge is 0.416 e. The monoisotopic (exact) mass is 363 g/mol. The number of para-hydroxylation sites is 1. The molecule has 0 radical (unpaired) electrons. The lowest BCUT2D eigenvalue weighted by molar-refractivity contribution is -0.137. The number of hydrogen-bond acceptors (Lipinski definition) is 2. The highest BCUT2D eigenvalue weighted by Crippen LogP contribution is 2.29. The van der Waals surface area contributed by atoms with Crippen molar-refractivity contribution in [2.24, 2.45) is 0 Å². The number of nitrogens with zero attached hydrogens (tertiary/aromatic N) is 1. The quantitative estimate of drug-likeness (QED) is 0.875. The van der Waals surface area contributed by atoms with Crippen molar-refractivity contribution < 1.29 is 22.8 Å². The predicted molar refractivity (Wildman–Crippen MR) is 90.8 cm³/mol. The van der Waals surface area contributed by atoms with Gasteiger partial charge in [0.25, 0.3) is 0 Å². The smallest absolute Gasteiger partial charge is 0.333 e. The summed E-state index contributed by atoms with van der Waals surface area (Å²) in [5, 5.41) is 5.14. The molecule has 3 amide bonds. The van der Waals surface area contributed by atoms with E-state index < -0.39 is 17.8 Å². The summed E-state index contributed by atoms with van der Waals surface area (Å²) in [5.74, 6) is -0.101. The number of benzene rings is 2. The van der Waals surface area contributed by atoms with Crippen LogP contribution in [0.1, 0.15) is 12.0 Å². The molecule has 136 valence electrons. The normalized spacial score (nSPS) is 17.3. The Morgan fingerprint density at radius 3 is 2.31 bits per heavy atom. The van der Waals surface area contributed by atoms with Gasteiger partial charge in [-0.05, 0) is 36.4 Å². The molecule has 5 nitrogen and oxygen atoms in total. The number of hydrogen-bond donors (Lipinski definition) is 2. The second-order valence-corrected chi connectivity index (χ2v) is 5.91. The minimum Gasteiger partial charge on any atom is -0.333 e. The highest BCUT2D eigenvalue weighted by molar-refractivity contribution is 5.97. The molecule has 0 saturated carbocycles. The minimum absolute atomic E-state index is 0.101. The van der Waals surface area contributed by atoms with E-state index in [2.05, 4.69) is 10.6 Å². The highest BCUT2D eigenvalue weighted by Gasteiger charge is 2.32. The first-order chi connectivity index (χ1) is 12.3. The van der Waals surface area contributed by atoms with Gasteiger partial charge in [-0.1, -0.05) is 18.2 Å². The van der Waals surface area contributed by atoms with Gasteiger partial charge in [-0.3, -0.25) is 4.79 Å². The third-order valence-electron chi connectivity index (χ3n) is 4.00. The van der Waals surface area contributed by atoms with E-state index in [9.17, 15) is 22.8 Å². The van der Waals surface area contributed by atoms with Crippen LogP contribution in [0.25, 0.3) is 0 Å². The number of carbonyl (C=O) groups excluding carboxylic acids is 2. The van der Waals surface area contributed by atoms with E-state index in [0.29, 0.717) is 6.54 Å². The summed E-state index contributed by atoms with van der Waals surface area (Å²) in [4.78, 5) is 25.7. The molecular formula is C18H16F3N3O2. The van der Waals surface area contributed by atoms with Crippen molar-refractivity contribution in [2.75, 3.05) is 16.8 Å². The molecule has 1 aliphatic heterocycles. The molecule has 1 aliphatic rings. The van der Waals surface area contributed by atoms with Crippen LogP contribution in [0.15, 0.2) is 54.6 Å². The molecule has 0 unspecified atom stereocenters. The van der Waals surface area contributed by atoms with Gasteiger partial charge in [-0.15, -0.1) is 0 Å². The maximum atomic E-state index is 12.5. The van der Waals surface area contributed by atoms with Crippen molar-refractivity contribution in [1.82, 2.24) is 5.32 Å². The molecule has 0 aromatic heterocycles. The molecule has 0 aliphatic carbocycles. The van der Waals surface area contributed by atoms with E-state index >= 15 is 0 Å². The highest BCUT2D eigenvalue weighted by atomic mass is 19.4. The lowest BCUT2D eigenvalue weighted by atomic mass is 10.2.